The van der Waals surface area contributed by atoms with Crippen molar-refractivity contribution in [2.24, 2.45) is 12.8 Å². The number of aromatic nitrogens is 2. The van der Waals surface area contributed by atoms with Gasteiger partial charge in [-0.25, -0.2) is 8.78 Å². The van der Waals surface area contributed by atoms with E-state index in [0.717, 1.165) is 24.3 Å². The Morgan fingerprint density at radius 3 is 2.44 bits per heavy atom. The van der Waals surface area contributed by atoms with Crippen molar-refractivity contribution in [3.05, 3.63) is 87.1 Å². The highest BCUT2D eigenvalue weighted by atomic mass is 35.5. The van der Waals surface area contributed by atoms with Crippen molar-refractivity contribution in [1.82, 2.24) is 15.1 Å². The van der Waals surface area contributed by atoms with E-state index in [1.165, 1.54) is 23.7 Å². The van der Waals surface area contributed by atoms with Crippen molar-refractivity contribution >= 4 is 34.8 Å². The smallest absolute Gasteiger partial charge is 0.387 e. The molecule has 1 aliphatic rings. The molecule has 5 rings (SSSR count). The van der Waals surface area contributed by atoms with Crippen LogP contribution < -0.4 is 11.1 Å². The van der Waals surface area contributed by atoms with Crippen LogP contribution >= 0.6 is 11.6 Å². The minimum atomic E-state index is -4.83. The van der Waals surface area contributed by atoms with Gasteiger partial charge in [-0.3, -0.25) is 14.3 Å². The molecule has 0 fully saturated rings. The van der Waals surface area contributed by atoms with E-state index < -0.39 is 41.4 Å². The van der Waals surface area contributed by atoms with Crippen molar-refractivity contribution in [2.45, 2.75) is 25.2 Å². The van der Waals surface area contributed by atoms with Gasteiger partial charge in [-0.2, -0.15) is 18.3 Å². The predicted molar refractivity (Wildman–Crippen MR) is 133 cm³/mol. The van der Waals surface area contributed by atoms with Crippen LogP contribution in [0.4, 0.5) is 22.0 Å². The molecule has 1 aromatic heterocycles. The number of hydrogen-bond acceptors (Lipinski definition) is 4. The number of alkyl halides is 3. The van der Waals surface area contributed by atoms with Crippen LogP contribution in [0.1, 0.15) is 51.8 Å². The molecule has 0 saturated heterocycles. The van der Waals surface area contributed by atoms with E-state index in [2.05, 4.69) is 16.1 Å². The number of hydrogen-bond donors (Lipinski definition) is 3. The van der Waals surface area contributed by atoms with Crippen molar-refractivity contribution in [1.29, 1.82) is 0 Å². The van der Waals surface area contributed by atoms with Gasteiger partial charge in [-0.05, 0) is 60.5 Å². The summed E-state index contributed by atoms with van der Waals surface area (Å²) < 4.78 is 70.5. The molecule has 0 aliphatic carbocycles. The van der Waals surface area contributed by atoms with Gasteiger partial charge in [0, 0.05) is 28.6 Å². The predicted octanol–water partition coefficient (Wildman–Crippen LogP) is 5.18. The molecule has 0 saturated carbocycles. The fraction of sp³-hybridized carbons (Fsp3) is 0.192. The highest BCUT2D eigenvalue weighted by Gasteiger charge is 2.38. The molecule has 2 unspecified atom stereocenters. The molecule has 7 nitrogen and oxygen atoms in total. The number of rotatable bonds is 3. The Labute approximate surface area is 223 Å². The van der Waals surface area contributed by atoms with Crippen LogP contribution in [0.5, 0.6) is 0 Å². The average molecular weight is 567 g/mol. The molecule has 13 heteroatoms. The molecule has 204 valence electrons. The summed E-state index contributed by atoms with van der Waals surface area (Å²) in [5.74, 6) is -2.39. The normalized spacial score (nSPS) is 15.4. The molecular weight excluding hydrogens is 547 g/mol. The number of nitrogens with two attached hydrogens (primary N) is 1. The van der Waals surface area contributed by atoms with Crippen LogP contribution in [0.3, 0.4) is 0 Å². The first kappa shape index (κ1) is 28.0. The Morgan fingerprint density at radius 2 is 1.82 bits per heavy atom. The topological polar surface area (TPSA) is 110 Å². The third kappa shape index (κ3) is 5.04. The summed E-state index contributed by atoms with van der Waals surface area (Å²) in [6.07, 6.45) is -5.62. The van der Waals surface area contributed by atoms with Crippen LogP contribution in [0.15, 0.2) is 42.5 Å². The van der Waals surface area contributed by atoms with Crippen molar-refractivity contribution in [3.63, 3.8) is 0 Å². The standard InChI is InChI=1S/C25H17ClF5N3O2.CH3NO/c1-10(35)23-17-9-15(11-5-12(25(29,30)31)7-14(28)6-11)19-20(22(17)33-34(23)2)24(36)32-21(19)16-8-13(27)3-4-18(16)26;2-1-3/h3-10,21,35H,1-2H3,(H,32,36);1H,(H2,2,3). The lowest BCUT2D eigenvalue weighted by Crippen LogP contribution is -2.20. The van der Waals surface area contributed by atoms with Crippen molar-refractivity contribution < 1.29 is 36.6 Å². The Morgan fingerprint density at radius 1 is 1.15 bits per heavy atom. The summed E-state index contributed by atoms with van der Waals surface area (Å²) in [6.45, 7) is 1.47. The number of benzene rings is 3. The van der Waals surface area contributed by atoms with Crippen LogP contribution in [0, 0.1) is 11.6 Å². The van der Waals surface area contributed by atoms with E-state index in [0.29, 0.717) is 17.1 Å². The Hall–Kier alpha value is -4.03. The minimum Gasteiger partial charge on any atom is -0.387 e. The Balaban J connectivity index is 0.00000112. The number of nitrogens with zero attached hydrogens (tertiary/aromatic N) is 2. The second-order valence-electron chi connectivity index (χ2n) is 8.73. The third-order valence-electron chi connectivity index (χ3n) is 6.21. The molecule has 39 heavy (non-hydrogen) atoms. The molecule has 3 aromatic carbocycles. The molecule has 2 heterocycles. The van der Waals surface area contributed by atoms with Gasteiger partial charge >= 0.3 is 6.18 Å². The molecule has 2 amide bonds. The quantitative estimate of drug-likeness (QED) is 0.234. The summed E-state index contributed by atoms with van der Waals surface area (Å²) in [5, 5.41) is 17.8. The maximum atomic E-state index is 14.4. The summed E-state index contributed by atoms with van der Waals surface area (Å²) in [5.41, 5.74) is 3.74. The van der Waals surface area contributed by atoms with Gasteiger partial charge in [0.05, 0.1) is 29.0 Å². The monoisotopic (exact) mass is 566 g/mol. The number of fused-ring (bicyclic) bond motifs is 3. The summed E-state index contributed by atoms with van der Waals surface area (Å²) in [4.78, 5) is 21.8. The fourth-order valence-corrected chi connectivity index (χ4v) is 5.01. The number of halogens is 6. The van der Waals surface area contributed by atoms with Crippen molar-refractivity contribution in [3.8, 4) is 11.1 Å². The maximum absolute atomic E-state index is 14.4. The van der Waals surface area contributed by atoms with Gasteiger partial charge in [0.25, 0.3) is 5.91 Å². The molecule has 0 spiro atoms. The molecule has 0 bridgehead atoms. The van der Waals surface area contributed by atoms with E-state index in [1.807, 2.05) is 0 Å². The molecule has 0 radical (unpaired) electrons. The number of amides is 2. The van der Waals surface area contributed by atoms with Crippen LogP contribution in [-0.2, 0) is 18.0 Å². The van der Waals surface area contributed by atoms with Gasteiger partial charge in [-0.1, -0.05) is 11.6 Å². The number of aliphatic hydroxyl groups is 1. The first-order valence-corrected chi connectivity index (χ1v) is 11.7. The van der Waals surface area contributed by atoms with Gasteiger partial charge in [0.2, 0.25) is 6.41 Å². The Kier molecular flexibility index (Phi) is 7.37. The molecule has 2 atom stereocenters. The lowest BCUT2D eigenvalue weighted by molar-refractivity contribution is -0.137. The largest absolute Gasteiger partial charge is 0.416 e. The van der Waals surface area contributed by atoms with E-state index >= 15 is 0 Å². The summed E-state index contributed by atoms with van der Waals surface area (Å²) in [7, 11) is 1.55. The summed E-state index contributed by atoms with van der Waals surface area (Å²) in [6, 6.07) is 6.01. The van der Waals surface area contributed by atoms with Gasteiger partial charge in [0.15, 0.2) is 0 Å². The molecule has 1 aliphatic heterocycles. The average Bonchev–Trinajstić information content (AvgIpc) is 3.35. The summed E-state index contributed by atoms with van der Waals surface area (Å²) >= 11 is 6.31. The lowest BCUT2D eigenvalue weighted by Gasteiger charge is -2.19. The highest BCUT2D eigenvalue weighted by Crippen LogP contribution is 2.45. The van der Waals surface area contributed by atoms with E-state index in [1.54, 1.807) is 7.05 Å². The van der Waals surface area contributed by atoms with Crippen molar-refractivity contribution in [2.75, 3.05) is 0 Å². The maximum Gasteiger partial charge on any atom is 0.416 e. The highest BCUT2D eigenvalue weighted by molar-refractivity contribution is 6.31. The van der Waals surface area contributed by atoms with E-state index in [9.17, 15) is 31.9 Å². The van der Waals surface area contributed by atoms with Gasteiger partial charge in [-0.15, -0.1) is 0 Å². The Bertz CT molecular complexity index is 1620. The number of carbonyl (C=O) groups excluding carboxylic acids is 2. The SMILES string of the molecule is CC(O)c1c2cc(-c3cc(F)cc(C(F)(F)F)c3)c3c(c2nn1C)C(=O)NC3c1cc(F)ccc1Cl.NC=O. The lowest BCUT2D eigenvalue weighted by atomic mass is 9.87. The zero-order valence-electron chi connectivity index (χ0n) is 20.3. The molecule has 4 aromatic rings. The molecular formula is C26H20ClF5N4O3. The second kappa shape index (κ2) is 10.3. The van der Waals surface area contributed by atoms with E-state index in [-0.39, 0.29) is 44.8 Å². The number of aryl methyl sites for hydroxylation is 1. The molecule has 4 N–H and O–H groups in total. The van der Waals surface area contributed by atoms with Crippen LogP contribution in [0.25, 0.3) is 22.0 Å². The third-order valence-corrected chi connectivity index (χ3v) is 6.55. The number of aliphatic hydroxyl groups excluding tert-OH is 1. The van der Waals surface area contributed by atoms with Gasteiger partial charge < -0.3 is 16.2 Å². The number of carbonyl (C=O) groups is 2. The van der Waals surface area contributed by atoms with Gasteiger partial charge in [0.1, 0.15) is 17.2 Å². The number of nitrogens with one attached hydrogen (secondary N) is 1. The fourth-order valence-electron chi connectivity index (χ4n) is 4.78. The van der Waals surface area contributed by atoms with Crippen LogP contribution in [0.2, 0.25) is 5.02 Å². The first-order chi connectivity index (χ1) is 18.3. The second-order valence-corrected chi connectivity index (χ2v) is 9.14. The number of primary amides is 1. The minimum absolute atomic E-state index is 0.0214. The zero-order chi connectivity index (χ0) is 28.8. The van der Waals surface area contributed by atoms with E-state index in [4.69, 9.17) is 16.4 Å². The van der Waals surface area contributed by atoms with Crippen LogP contribution in [-0.4, -0.2) is 27.2 Å². The first-order valence-electron chi connectivity index (χ1n) is 11.3. The zero-order valence-corrected chi connectivity index (χ0v) is 21.0.